The molecule has 1 aliphatic heterocycles. The number of anilines is 2. The standard InChI is InChI=1S/C22H27N3O5S/c1-30-16-22(27)24-19-7-5-6-18(15-19)23-21(26)14-17-8-10-20(11-9-17)31(28,29)25-12-3-2-4-13-25/h5-11,15H,2-4,12-14,16H2,1H3,(H,23,26)(H,24,27). The number of rotatable bonds is 8. The highest BCUT2D eigenvalue weighted by Crippen LogP contribution is 2.21. The molecule has 31 heavy (non-hydrogen) atoms. The third-order valence-corrected chi connectivity index (χ3v) is 6.86. The summed E-state index contributed by atoms with van der Waals surface area (Å²) >= 11 is 0. The van der Waals surface area contributed by atoms with Gasteiger partial charge in [0.2, 0.25) is 21.8 Å². The normalized spacial score (nSPS) is 14.7. The first kappa shape index (κ1) is 22.9. The molecule has 2 amide bonds. The summed E-state index contributed by atoms with van der Waals surface area (Å²) in [5.74, 6) is -0.530. The number of hydrogen-bond acceptors (Lipinski definition) is 5. The van der Waals surface area contributed by atoms with E-state index in [1.54, 1.807) is 48.5 Å². The van der Waals surface area contributed by atoms with Gasteiger partial charge in [-0.15, -0.1) is 0 Å². The van der Waals surface area contributed by atoms with E-state index in [0.717, 1.165) is 19.3 Å². The molecule has 1 fully saturated rings. The van der Waals surface area contributed by atoms with Crippen LogP contribution in [0.2, 0.25) is 0 Å². The minimum absolute atomic E-state index is 0.0555. The molecule has 2 aromatic rings. The van der Waals surface area contributed by atoms with Gasteiger partial charge in [-0.1, -0.05) is 24.6 Å². The van der Waals surface area contributed by atoms with Gasteiger partial charge in [-0.25, -0.2) is 8.42 Å². The summed E-state index contributed by atoms with van der Waals surface area (Å²) in [5, 5.41) is 5.46. The molecule has 0 bridgehead atoms. The minimum atomic E-state index is -3.49. The average molecular weight is 446 g/mol. The van der Waals surface area contributed by atoms with Crippen LogP contribution < -0.4 is 10.6 Å². The van der Waals surface area contributed by atoms with Gasteiger partial charge >= 0.3 is 0 Å². The van der Waals surface area contributed by atoms with Crippen molar-refractivity contribution < 1.29 is 22.7 Å². The number of carbonyl (C=O) groups excluding carboxylic acids is 2. The Morgan fingerprint density at radius 2 is 1.55 bits per heavy atom. The molecule has 0 aliphatic carbocycles. The van der Waals surface area contributed by atoms with E-state index < -0.39 is 10.0 Å². The Balaban J connectivity index is 1.59. The van der Waals surface area contributed by atoms with Crippen molar-refractivity contribution in [3.63, 3.8) is 0 Å². The van der Waals surface area contributed by atoms with Crippen molar-refractivity contribution in [2.24, 2.45) is 0 Å². The molecule has 0 radical (unpaired) electrons. The number of nitrogens with one attached hydrogen (secondary N) is 2. The molecule has 0 spiro atoms. The number of methoxy groups -OCH3 is 1. The van der Waals surface area contributed by atoms with Crippen molar-refractivity contribution >= 4 is 33.2 Å². The van der Waals surface area contributed by atoms with Crippen molar-refractivity contribution in [2.45, 2.75) is 30.6 Å². The number of sulfonamides is 1. The Morgan fingerprint density at radius 1 is 0.935 bits per heavy atom. The van der Waals surface area contributed by atoms with Crippen molar-refractivity contribution in [1.29, 1.82) is 0 Å². The predicted molar refractivity (Wildman–Crippen MR) is 118 cm³/mol. The SMILES string of the molecule is COCC(=O)Nc1cccc(NC(=O)Cc2ccc(S(=O)(=O)N3CCCCC3)cc2)c1. The molecule has 0 aromatic heterocycles. The molecule has 166 valence electrons. The Kier molecular flexibility index (Phi) is 7.78. The van der Waals surface area contributed by atoms with Crippen molar-refractivity contribution in [1.82, 2.24) is 4.31 Å². The van der Waals surface area contributed by atoms with Gasteiger partial charge in [-0.05, 0) is 48.7 Å². The van der Waals surface area contributed by atoms with Gasteiger partial charge in [0, 0.05) is 31.6 Å². The second kappa shape index (κ2) is 10.5. The van der Waals surface area contributed by atoms with Crippen LogP contribution in [0.3, 0.4) is 0 Å². The van der Waals surface area contributed by atoms with Gasteiger partial charge < -0.3 is 15.4 Å². The highest BCUT2D eigenvalue weighted by atomic mass is 32.2. The summed E-state index contributed by atoms with van der Waals surface area (Å²) in [6.45, 7) is 1.05. The molecule has 2 N–H and O–H groups in total. The maximum absolute atomic E-state index is 12.7. The molecule has 0 atom stereocenters. The number of piperidine rings is 1. The molecule has 1 heterocycles. The zero-order valence-corrected chi connectivity index (χ0v) is 18.3. The van der Waals surface area contributed by atoms with E-state index in [0.29, 0.717) is 30.0 Å². The largest absolute Gasteiger partial charge is 0.375 e. The number of ether oxygens (including phenoxy) is 1. The monoisotopic (exact) mass is 445 g/mol. The van der Waals surface area contributed by atoms with Gasteiger partial charge in [0.05, 0.1) is 11.3 Å². The van der Waals surface area contributed by atoms with Gasteiger partial charge in [0.1, 0.15) is 6.61 Å². The minimum Gasteiger partial charge on any atom is -0.375 e. The van der Waals surface area contributed by atoms with E-state index in [9.17, 15) is 18.0 Å². The smallest absolute Gasteiger partial charge is 0.250 e. The highest BCUT2D eigenvalue weighted by Gasteiger charge is 2.25. The fourth-order valence-electron chi connectivity index (χ4n) is 3.43. The van der Waals surface area contributed by atoms with Crippen LogP contribution in [0.4, 0.5) is 11.4 Å². The van der Waals surface area contributed by atoms with E-state index in [4.69, 9.17) is 4.74 Å². The Morgan fingerprint density at radius 3 is 2.16 bits per heavy atom. The highest BCUT2D eigenvalue weighted by molar-refractivity contribution is 7.89. The van der Waals surface area contributed by atoms with Crippen LogP contribution in [0.15, 0.2) is 53.4 Å². The number of benzene rings is 2. The maximum atomic E-state index is 12.7. The predicted octanol–water partition coefficient (Wildman–Crippen LogP) is 2.63. The maximum Gasteiger partial charge on any atom is 0.250 e. The van der Waals surface area contributed by atoms with Gasteiger partial charge in [-0.3, -0.25) is 9.59 Å². The molecule has 9 heteroatoms. The lowest BCUT2D eigenvalue weighted by Crippen LogP contribution is -2.35. The van der Waals surface area contributed by atoms with E-state index in [1.165, 1.54) is 11.4 Å². The first-order valence-corrected chi connectivity index (χ1v) is 11.6. The van der Waals surface area contributed by atoms with E-state index >= 15 is 0 Å². The second-order valence-corrected chi connectivity index (χ2v) is 9.33. The number of amides is 2. The fourth-order valence-corrected chi connectivity index (χ4v) is 4.94. The topological polar surface area (TPSA) is 105 Å². The molecular weight excluding hydrogens is 418 g/mol. The van der Waals surface area contributed by atoms with Crippen LogP contribution in [0, 0.1) is 0 Å². The quantitative estimate of drug-likeness (QED) is 0.650. The first-order valence-electron chi connectivity index (χ1n) is 10.2. The summed E-state index contributed by atoms with van der Waals surface area (Å²) in [7, 11) is -2.05. The van der Waals surface area contributed by atoms with Gasteiger partial charge in [-0.2, -0.15) is 4.31 Å². The lowest BCUT2D eigenvalue weighted by molar-refractivity contribution is -0.119. The second-order valence-electron chi connectivity index (χ2n) is 7.40. The van der Waals surface area contributed by atoms with Crippen LogP contribution in [0.5, 0.6) is 0 Å². The summed E-state index contributed by atoms with van der Waals surface area (Å²) in [6.07, 6.45) is 2.93. The lowest BCUT2D eigenvalue weighted by atomic mass is 10.1. The molecule has 3 rings (SSSR count). The van der Waals surface area contributed by atoms with E-state index in [-0.39, 0.29) is 29.7 Å². The Labute approximate surface area is 182 Å². The van der Waals surface area contributed by atoms with Crippen LogP contribution in [0.25, 0.3) is 0 Å². The molecule has 8 nitrogen and oxygen atoms in total. The molecule has 2 aromatic carbocycles. The first-order chi connectivity index (χ1) is 14.9. The summed E-state index contributed by atoms with van der Waals surface area (Å²) < 4.78 is 31.7. The van der Waals surface area contributed by atoms with Crippen molar-refractivity contribution in [3.05, 3.63) is 54.1 Å². The average Bonchev–Trinajstić information content (AvgIpc) is 2.75. The lowest BCUT2D eigenvalue weighted by Gasteiger charge is -2.25. The van der Waals surface area contributed by atoms with E-state index in [2.05, 4.69) is 10.6 Å². The van der Waals surface area contributed by atoms with Crippen LogP contribution >= 0.6 is 0 Å². The summed E-state index contributed by atoms with van der Waals surface area (Å²) in [4.78, 5) is 24.3. The molecule has 1 aliphatic rings. The van der Waals surface area contributed by atoms with E-state index in [1.807, 2.05) is 0 Å². The molecular formula is C22H27N3O5S. The summed E-state index contributed by atoms with van der Waals surface area (Å²) in [6, 6.07) is 13.2. The molecule has 0 saturated carbocycles. The Bertz CT molecular complexity index is 1020. The number of carbonyl (C=O) groups is 2. The third kappa shape index (κ3) is 6.36. The molecule has 0 unspecified atom stereocenters. The fraction of sp³-hybridized carbons (Fsp3) is 0.364. The zero-order valence-electron chi connectivity index (χ0n) is 17.5. The molecule has 1 saturated heterocycles. The zero-order chi connectivity index (χ0) is 22.3. The van der Waals surface area contributed by atoms with Crippen LogP contribution in [-0.4, -0.2) is 51.3 Å². The van der Waals surface area contributed by atoms with Gasteiger partial charge in [0.25, 0.3) is 0 Å². The number of nitrogens with zero attached hydrogens (tertiary/aromatic N) is 1. The van der Waals surface area contributed by atoms with Crippen LogP contribution in [-0.2, 0) is 30.8 Å². The summed E-state index contributed by atoms with van der Waals surface area (Å²) in [5.41, 5.74) is 1.80. The third-order valence-electron chi connectivity index (χ3n) is 4.95. The van der Waals surface area contributed by atoms with Crippen molar-refractivity contribution in [3.8, 4) is 0 Å². The van der Waals surface area contributed by atoms with Crippen molar-refractivity contribution in [2.75, 3.05) is 37.4 Å². The Hall–Kier alpha value is -2.75. The van der Waals surface area contributed by atoms with Gasteiger partial charge in [0.15, 0.2) is 0 Å². The number of hydrogen-bond donors (Lipinski definition) is 2. The van der Waals surface area contributed by atoms with Crippen LogP contribution in [0.1, 0.15) is 24.8 Å².